The first kappa shape index (κ1) is 19.2. The Morgan fingerprint density at radius 3 is 2.55 bits per heavy atom. The van der Waals surface area contributed by atoms with Crippen LogP contribution in [0, 0.1) is 6.92 Å². The van der Waals surface area contributed by atoms with Gasteiger partial charge in [-0.3, -0.25) is 4.57 Å². The van der Waals surface area contributed by atoms with Crippen molar-refractivity contribution in [3.63, 3.8) is 0 Å². The van der Waals surface area contributed by atoms with Crippen LogP contribution in [0.5, 0.6) is 0 Å². The molecular formula is C23H28N6. The molecule has 29 heavy (non-hydrogen) atoms. The fraction of sp³-hybridized carbons (Fsp3) is 0.348. The lowest BCUT2D eigenvalue weighted by Crippen LogP contribution is -2.41. The topological polar surface area (TPSA) is 67.1 Å². The smallest absolute Gasteiger partial charge is 0.191 e. The summed E-state index contributed by atoms with van der Waals surface area (Å²) in [6.45, 7) is 6.38. The number of guanidine groups is 1. The number of aliphatic imine (C=N–C) groups is 1. The average molecular weight is 389 g/mol. The maximum absolute atomic E-state index is 4.75. The van der Waals surface area contributed by atoms with E-state index >= 15 is 0 Å². The molecule has 2 N–H and O–H groups in total. The van der Waals surface area contributed by atoms with Gasteiger partial charge in [-0.15, -0.1) is 0 Å². The highest BCUT2D eigenvalue weighted by molar-refractivity contribution is 5.80. The molecular weight excluding hydrogens is 360 g/mol. The van der Waals surface area contributed by atoms with Gasteiger partial charge < -0.3 is 10.6 Å². The van der Waals surface area contributed by atoms with Gasteiger partial charge in [0.05, 0.1) is 6.54 Å². The summed E-state index contributed by atoms with van der Waals surface area (Å²) in [5.74, 6) is 2.65. The fourth-order valence-electron chi connectivity index (χ4n) is 3.55. The highest BCUT2D eigenvalue weighted by Gasteiger charge is 2.43. The number of aromatic nitrogens is 3. The Bertz CT molecular complexity index is 955. The first-order valence-corrected chi connectivity index (χ1v) is 10.2. The van der Waals surface area contributed by atoms with Crippen LogP contribution in [0.1, 0.15) is 36.7 Å². The van der Waals surface area contributed by atoms with Crippen LogP contribution in [0.3, 0.4) is 0 Å². The van der Waals surface area contributed by atoms with Crippen LogP contribution < -0.4 is 10.6 Å². The van der Waals surface area contributed by atoms with Crippen LogP contribution >= 0.6 is 0 Å². The van der Waals surface area contributed by atoms with Gasteiger partial charge in [0.25, 0.3) is 0 Å². The summed E-state index contributed by atoms with van der Waals surface area (Å²) in [4.78, 5) is 13.6. The summed E-state index contributed by atoms with van der Waals surface area (Å²) in [5, 5.41) is 6.89. The third-order valence-electron chi connectivity index (χ3n) is 5.48. The molecule has 0 saturated heterocycles. The van der Waals surface area contributed by atoms with E-state index in [0.717, 1.165) is 36.3 Å². The molecule has 3 aromatic rings. The van der Waals surface area contributed by atoms with Crippen molar-refractivity contribution in [1.82, 2.24) is 25.2 Å². The maximum atomic E-state index is 4.75. The Kier molecular flexibility index (Phi) is 5.60. The molecule has 2 aromatic heterocycles. The minimum atomic E-state index is 0.253. The number of pyridine rings is 1. The Balaban J connectivity index is 1.39. The SMILES string of the molecule is CCNC(=NCc1ccc(-n2ccnc2C)nc1)NCC1(c2ccccc2)CC1. The number of aryl methyl sites for hydroxylation is 1. The summed E-state index contributed by atoms with van der Waals surface area (Å²) < 4.78 is 1.97. The molecule has 0 amide bonds. The van der Waals surface area contributed by atoms with E-state index in [0.29, 0.717) is 6.54 Å². The summed E-state index contributed by atoms with van der Waals surface area (Å²) >= 11 is 0. The largest absolute Gasteiger partial charge is 0.357 e. The molecule has 1 aliphatic rings. The zero-order valence-electron chi connectivity index (χ0n) is 17.1. The van der Waals surface area contributed by atoms with Crippen LogP contribution in [-0.2, 0) is 12.0 Å². The third-order valence-corrected chi connectivity index (χ3v) is 5.48. The van der Waals surface area contributed by atoms with Crippen LogP contribution in [-0.4, -0.2) is 33.6 Å². The molecule has 0 atom stereocenters. The molecule has 1 aliphatic carbocycles. The molecule has 6 nitrogen and oxygen atoms in total. The van der Waals surface area contributed by atoms with Crippen molar-refractivity contribution in [3.8, 4) is 5.82 Å². The minimum Gasteiger partial charge on any atom is -0.357 e. The Morgan fingerprint density at radius 2 is 1.93 bits per heavy atom. The van der Waals surface area contributed by atoms with Gasteiger partial charge in [0.1, 0.15) is 11.6 Å². The lowest BCUT2D eigenvalue weighted by Gasteiger charge is -2.19. The van der Waals surface area contributed by atoms with Gasteiger partial charge in [-0.2, -0.15) is 0 Å². The minimum absolute atomic E-state index is 0.253. The molecule has 0 spiro atoms. The van der Waals surface area contributed by atoms with Gasteiger partial charge in [0, 0.05) is 37.1 Å². The molecule has 150 valence electrons. The first-order chi connectivity index (χ1) is 14.2. The number of rotatable bonds is 7. The predicted octanol–water partition coefficient (Wildman–Crippen LogP) is 3.36. The fourth-order valence-corrected chi connectivity index (χ4v) is 3.55. The molecule has 2 heterocycles. The van der Waals surface area contributed by atoms with E-state index in [2.05, 4.69) is 63.9 Å². The van der Waals surface area contributed by atoms with Crippen LogP contribution in [0.15, 0.2) is 66.0 Å². The summed E-state index contributed by atoms with van der Waals surface area (Å²) in [5.41, 5.74) is 2.74. The zero-order chi connectivity index (χ0) is 20.1. The second kappa shape index (κ2) is 8.47. The molecule has 0 bridgehead atoms. The molecule has 1 fully saturated rings. The Morgan fingerprint density at radius 1 is 1.10 bits per heavy atom. The molecule has 6 heteroatoms. The average Bonchev–Trinajstić information content (AvgIpc) is 3.44. The zero-order valence-corrected chi connectivity index (χ0v) is 17.1. The van der Waals surface area contributed by atoms with Crippen LogP contribution in [0.25, 0.3) is 5.82 Å². The van der Waals surface area contributed by atoms with Crippen molar-refractivity contribution in [1.29, 1.82) is 0 Å². The van der Waals surface area contributed by atoms with E-state index in [9.17, 15) is 0 Å². The van der Waals surface area contributed by atoms with Crippen molar-refractivity contribution in [2.24, 2.45) is 4.99 Å². The van der Waals surface area contributed by atoms with E-state index in [-0.39, 0.29) is 5.41 Å². The second-order valence-corrected chi connectivity index (χ2v) is 7.56. The molecule has 1 aromatic carbocycles. The van der Waals surface area contributed by atoms with Gasteiger partial charge in [-0.1, -0.05) is 36.4 Å². The maximum Gasteiger partial charge on any atom is 0.191 e. The quantitative estimate of drug-likeness (QED) is 0.481. The standard InChI is InChI=1S/C23H28N6/c1-3-24-22(28-17-23(11-12-23)20-7-5-4-6-8-20)27-16-19-9-10-21(26-15-19)29-14-13-25-18(29)2/h4-10,13-15H,3,11-12,16-17H2,1-2H3,(H2,24,27,28). The number of nitrogens with one attached hydrogen (secondary N) is 2. The number of benzene rings is 1. The highest BCUT2D eigenvalue weighted by Crippen LogP contribution is 2.47. The third kappa shape index (κ3) is 4.47. The number of hydrogen-bond donors (Lipinski definition) is 2. The van der Waals surface area contributed by atoms with Crippen molar-refractivity contribution < 1.29 is 0 Å². The van der Waals surface area contributed by atoms with E-state index in [1.165, 1.54) is 18.4 Å². The van der Waals surface area contributed by atoms with Crippen LogP contribution in [0.4, 0.5) is 0 Å². The van der Waals surface area contributed by atoms with E-state index < -0.39 is 0 Å². The van der Waals surface area contributed by atoms with E-state index in [1.807, 2.05) is 30.0 Å². The van der Waals surface area contributed by atoms with Gasteiger partial charge in [0.15, 0.2) is 5.96 Å². The molecule has 0 radical (unpaired) electrons. The van der Waals surface area contributed by atoms with Crippen molar-refractivity contribution in [2.75, 3.05) is 13.1 Å². The van der Waals surface area contributed by atoms with E-state index in [1.54, 1.807) is 6.20 Å². The molecule has 0 unspecified atom stereocenters. The Labute approximate surface area is 172 Å². The predicted molar refractivity (Wildman–Crippen MR) is 116 cm³/mol. The van der Waals surface area contributed by atoms with Gasteiger partial charge in [0.2, 0.25) is 0 Å². The molecule has 4 rings (SSSR count). The van der Waals surface area contributed by atoms with Crippen molar-refractivity contribution in [2.45, 2.75) is 38.6 Å². The normalized spacial score (nSPS) is 15.2. The number of imidazole rings is 1. The summed E-state index contributed by atoms with van der Waals surface area (Å²) in [7, 11) is 0. The lowest BCUT2D eigenvalue weighted by molar-refractivity contribution is 0.646. The second-order valence-electron chi connectivity index (χ2n) is 7.56. The Hall–Kier alpha value is -3.15. The van der Waals surface area contributed by atoms with Gasteiger partial charge in [-0.05, 0) is 43.9 Å². The summed E-state index contributed by atoms with van der Waals surface area (Å²) in [6, 6.07) is 14.9. The number of hydrogen-bond acceptors (Lipinski definition) is 3. The van der Waals surface area contributed by atoms with Crippen LogP contribution in [0.2, 0.25) is 0 Å². The van der Waals surface area contributed by atoms with Gasteiger partial charge >= 0.3 is 0 Å². The highest BCUT2D eigenvalue weighted by atomic mass is 15.2. The monoisotopic (exact) mass is 388 g/mol. The molecule has 1 saturated carbocycles. The first-order valence-electron chi connectivity index (χ1n) is 10.2. The summed E-state index contributed by atoms with van der Waals surface area (Å²) in [6.07, 6.45) is 8.04. The van der Waals surface area contributed by atoms with E-state index in [4.69, 9.17) is 4.99 Å². The lowest BCUT2D eigenvalue weighted by atomic mass is 9.96. The van der Waals surface area contributed by atoms with Crippen molar-refractivity contribution in [3.05, 3.63) is 78.0 Å². The van der Waals surface area contributed by atoms with Gasteiger partial charge in [-0.25, -0.2) is 15.0 Å². The molecule has 0 aliphatic heterocycles. The van der Waals surface area contributed by atoms with Crippen molar-refractivity contribution >= 4 is 5.96 Å². The number of nitrogens with zero attached hydrogens (tertiary/aromatic N) is 4.